The first-order chi connectivity index (χ1) is 7.74. The molecule has 0 aliphatic rings. The van der Waals surface area contributed by atoms with Crippen molar-refractivity contribution < 1.29 is 0 Å². The van der Waals surface area contributed by atoms with Crippen molar-refractivity contribution in [2.75, 3.05) is 5.73 Å². The Morgan fingerprint density at radius 1 is 1.19 bits per heavy atom. The molecule has 0 saturated carbocycles. The summed E-state index contributed by atoms with van der Waals surface area (Å²) in [6.07, 6.45) is 9.08. The quantitative estimate of drug-likeness (QED) is 0.688. The van der Waals surface area contributed by atoms with E-state index < -0.39 is 0 Å². The van der Waals surface area contributed by atoms with Crippen molar-refractivity contribution in [1.29, 1.82) is 5.41 Å². The predicted octanol–water partition coefficient (Wildman–Crippen LogP) is 2.76. The highest BCUT2D eigenvalue weighted by Gasteiger charge is 2.00. The van der Waals surface area contributed by atoms with Crippen LogP contribution in [0.25, 0.3) is 0 Å². The Morgan fingerprint density at radius 3 is 2.38 bits per heavy atom. The van der Waals surface area contributed by atoms with Crippen molar-refractivity contribution in [2.45, 2.75) is 58.4 Å². The molecule has 0 amide bonds. The number of hydrogen-bond acceptors (Lipinski definition) is 4. The maximum absolute atomic E-state index is 7.36. The number of aryl methyl sites for hydroxylation is 1. The number of nitrogens with one attached hydrogen (secondary N) is 1. The molecule has 0 aliphatic carbocycles. The fourth-order valence-electron chi connectivity index (χ4n) is 1.70. The summed E-state index contributed by atoms with van der Waals surface area (Å²) < 4.78 is 1.91. The SMILES string of the molecule is CCCCCCCCCn1sc(=N)nc1N. The van der Waals surface area contributed by atoms with Gasteiger partial charge in [0.15, 0.2) is 0 Å². The van der Waals surface area contributed by atoms with Crippen molar-refractivity contribution in [1.82, 2.24) is 8.94 Å². The molecule has 4 nitrogen and oxygen atoms in total. The van der Waals surface area contributed by atoms with E-state index in [1.165, 1.54) is 50.1 Å². The fourth-order valence-corrected chi connectivity index (χ4v) is 2.40. The Hall–Kier alpha value is -0.840. The highest BCUT2D eigenvalue weighted by Crippen LogP contribution is 2.09. The van der Waals surface area contributed by atoms with Gasteiger partial charge in [0.1, 0.15) is 0 Å². The van der Waals surface area contributed by atoms with Crippen LogP contribution in [0.15, 0.2) is 0 Å². The molecule has 1 heterocycles. The molecule has 0 saturated heterocycles. The summed E-state index contributed by atoms with van der Waals surface area (Å²) in [4.78, 5) is 4.18. The van der Waals surface area contributed by atoms with Crippen LogP contribution in [0.1, 0.15) is 51.9 Å². The lowest BCUT2D eigenvalue weighted by atomic mass is 10.1. The van der Waals surface area contributed by atoms with Gasteiger partial charge in [0.05, 0.1) is 0 Å². The second-order valence-electron chi connectivity index (χ2n) is 4.09. The molecule has 5 heteroatoms. The number of nitrogens with two attached hydrogens (primary N) is 1. The van der Waals surface area contributed by atoms with Gasteiger partial charge in [-0.1, -0.05) is 45.4 Å². The van der Waals surface area contributed by atoms with Gasteiger partial charge in [-0.25, -0.2) is 0 Å². The zero-order valence-electron chi connectivity index (χ0n) is 10.0. The van der Waals surface area contributed by atoms with E-state index in [0.29, 0.717) is 10.7 Å². The zero-order valence-corrected chi connectivity index (χ0v) is 10.9. The highest BCUT2D eigenvalue weighted by molar-refractivity contribution is 7.03. The van der Waals surface area contributed by atoms with E-state index in [-0.39, 0.29) is 0 Å². The number of hydrogen-bond donors (Lipinski definition) is 2. The second kappa shape index (κ2) is 7.44. The minimum Gasteiger partial charge on any atom is -0.368 e. The second-order valence-corrected chi connectivity index (χ2v) is 5.10. The minimum absolute atomic E-state index is 0.306. The third kappa shape index (κ3) is 4.79. The molecule has 1 aromatic rings. The highest BCUT2D eigenvalue weighted by atomic mass is 32.1. The maximum atomic E-state index is 7.36. The summed E-state index contributed by atoms with van der Waals surface area (Å²) in [5.41, 5.74) is 5.66. The summed E-state index contributed by atoms with van der Waals surface area (Å²) in [6, 6.07) is 0. The molecule has 0 aliphatic heterocycles. The van der Waals surface area contributed by atoms with Gasteiger partial charge in [-0.05, 0) is 18.0 Å². The van der Waals surface area contributed by atoms with E-state index in [4.69, 9.17) is 11.1 Å². The summed E-state index contributed by atoms with van der Waals surface area (Å²) in [7, 11) is 0. The monoisotopic (exact) mass is 242 g/mol. The van der Waals surface area contributed by atoms with E-state index in [1.54, 1.807) is 0 Å². The predicted molar refractivity (Wildman–Crippen MR) is 68.4 cm³/mol. The number of nitrogen functional groups attached to an aromatic ring is 1. The molecule has 0 spiro atoms. The Bertz CT molecular complexity index is 342. The summed E-state index contributed by atoms with van der Waals surface area (Å²) in [5.74, 6) is 0.487. The maximum Gasteiger partial charge on any atom is 0.221 e. The van der Waals surface area contributed by atoms with Crippen LogP contribution < -0.4 is 10.5 Å². The fraction of sp³-hybridized carbons (Fsp3) is 0.818. The average Bonchev–Trinajstić information content (AvgIpc) is 2.56. The largest absolute Gasteiger partial charge is 0.368 e. The van der Waals surface area contributed by atoms with Crippen molar-refractivity contribution in [3.63, 3.8) is 0 Å². The van der Waals surface area contributed by atoms with Gasteiger partial charge in [0, 0.05) is 6.54 Å². The van der Waals surface area contributed by atoms with Crippen molar-refractivity contribution >= 4 is 17.5 Å². The molecule has 16 heavy (non-hydrogen) atoms. The van der Waals surface area contributed by atoms with E-state index in [0.717, 1.165) is 13.0 Å². The number of aromatic nitrogens is 2. The van der Waals surface area contributed by atoms with Crippen LogP contribution in [-0.2, 0) is 6.54 Å². The van der Waals surface area contributed by atoms with Gasteiger partial charge < -0.3 is 5.73 Å². The van der Waals surface area contributed by atoms with E-state index in [2.05, 4.69) is 11.9 Å². The van der Waals surface area contributed by atoms with Gasteiger partial charge in [0.25, 0.3) is 0 Å². The van der Waals surface area contributed by atoms with E-state index in [9.17, 15) is 0 Å². The lowest BCUT2D eigenvalue weighted by Crippen LogP contribution is -2.01. The van der Waals surface area contributed by atoms with Crippen molar-refractivity contribution in [3.05, 3.63) is 4.80 Å². The molecule has 92 valence electrons. The summed E-state index contributed by atoms with van der Waals surface area (Å²) >= 11 is 1.33. The first-order valence-electron chi connectivity index (χ1n) is 6.12. The lowest BCUT2D eigenvalue weighted by Gasteiger charge is -2.03. The van der Waals surface area contributed by atoms with Gasteiger partial charge in [-0.3, -0.25) is 9.37 Å². The molecule has 0 bridgehead atoms. The zero-order chi connectivity index (χ0) is 11.8. The number of nitrogens with zero attached hydrogens (tertiary/aromatic N) is 2. The smallest absolute Gasteiger partial charge is 0.221 e. The Morgan fingerprint density at radius 2 is 1.81 bits per heavy atom. The molecule has 0 unspecified atom stereocenters. The first-order valence-corrected chi connectivity index (χ1v) is 6.89. The van der Waals surface area contributed by atoms with Crippen LogP contribution in [-0.4, -0.2) is 8.94 Å². The van der Waals surface area contributed by atoms with Gasteiger partial charge in [-0.2, -0.15) is 4.98 Å². The molecular formula is C11H22N4S. The molecule has 1 rings (SSSR count). The Labute approximate surface area is 101 Å². The van der Waals surface area contributed by atoms with Crippen LogP contribution in [0.2, 0.25) is 0 Å². The van der Waals surface area contributed by atoms with Gasteiger partial charge in [0.2, 0.25) is 10.7 Å². The van der Waals surface area contributed by atoms with E-state index in [1.807, 2.05) is 3.96 Å². The average molecular weight is 242 g/mol. The first kappa shape index (κ1) is 13.2. The Kier molecular flexibility index (Phi) is 6.15. The molecule has 0 aromatic carbocycles. The molecule has 0 radical (unpaired) electrons. The molecule has 1 aromatic heterocycles. The van der Waals surface area contributed by atoms with Crippen molar-refractivity contribution in [2.24, 2.45) is 0 Å². The lowest BCUT2D eigenvalue weighted by molar-refractivity contribution is 0.563. The van der Waals surface area contributed by atoms with Crippen LogP contribution in [0, 0.1) is 5.41 Å². The summed E-state index contributed by atoms with van der Waals surface area (Å²) in [5, 5.41) is 7.36. The van der Waals surface area contributed by atoms with Crippen LogP contribution in [0.5, 0.6) is 0 Å². The van der Waals surface area contributed by atoms with Gasteiger partial charge in [-0.15, -0.1) is 0 Å². The third-order valence-electron chi connectivity index (χ3n) is 2.63. The third-order valence-corrected chi connectivity index (χ3v) is 3.49. The molecule has 0 atom stereocenters. The van der Waals surface area contributed by atoms with Gasteiger partial charge >= 0.3 is 0 Å². The topological polar surface area (TPSA) is 67.7 Å². The normalized spacial score (nSPS) is 10.8. The molecular weight excluding hydrogens is 220 g/mol. The van der Waals surface area contributed by atoms with Crippen molar-refractivity contribution in [3.8, 4) is 0 Å². The standard InChI is InChI=1S/C11H22N4S/c1-2-3-4-5-6-7-8-9-15-10(12)14-11(13)16-15/h2-9H2,1H3,(H3,12,13,14). The number of anilines is 1. The van der Waals surface area contributed by atoms with Crippen LogP contribution in [0.4, 0.5) is 5.95 Å². The Balaban J connectivity index is 2.07. The van der Waals surface area contributed by atoms with Crippen LogP contribution in [0.3, 0.4) is 0 Å². The van der Waals surface area contributed by atoms with Crippen LogP contribution >= 0.6 is 11.5 Å². The number of unbranched alkanes of at least 4 members (excludes halogenated alkanes) is 6. The number of rotatable bonds is 8. The molecule has 0 fully saturated rings. The molecule has 3 N–H and O–H groups in total. The van der Waals surface area contributed by atoms with E-state index >= 15 is 0 Å². The minimum atomic E-state index is 0.306. The summed E-state index contributed by atoms with van der Waals surface area (Å²) in [6.45, 7) is 3.15.